The fraction of sp³-hybridized carbons (Fsp3) is 0.286. The van der Waals surface area contributed by atoms with Crippen LogP contribution in [-0.2, 0) is 19.4 Å². The number of nitriles is 1. The molecule has 1 unspecified atom stereocenters. The van der Waals surface area contributed by atoms with Crippen LogP contribution in [0.1, 0.15) is 28.6 Å². The third-order valence-electron chi connectivity index (χ3n) is 4.85. The van der Waals surface area contributed by atoms with Gasteiger partial charge in [-0.1, -0.05) is 12.1 Å². The highest BCUT2D eigenvalue weighted by molar-refractivity contribution is 5.89. The zero-order valence-corrected chi connectivity index (χ0v) is 16.7. The number of rotatable bonds is 7. The molecule has 4 rings (SSSR count). The lowest BCUT2D eigenvalue weighted by Gasteiger charge is -2.17. The van der Waals surface area contributed by atoms with Gasteiger partial charge >= 0.3 is 6.03 Å². The number of aliphatic hydroxyl groups is 1. The zero-order chi connectivity index (χ0) is 21.6. The number of carbonyl (C=O) groups excluding carboxylic acids is 1. The van der Waals surface area contributed by atoms with Gasteiger partial charge in [0.25, 0.3) is 0 Å². The second kappa shape index (κ2) is 9.23. The van der Waals surface area contributed by atoms with E-state index in [4.69, 9.17) is 15.1 Å². The number of aromatic nitrogens is 4. The second-order valence-electron chi connectivity index (χ2n) is 7.05. The summed E-state index contributed by atoms with van der Waals surface area (Å²) in [7, 11) is 0. The molecule has 2 heterocycles. The largest absolute Gasteiger partial charge is 0.493 e. The summed E-state index contributed by atoms with van der Waals surface area (Å²) < 4.78 is 5.56. The van der Waals surface area contributed by atoms with Gasteiger partial charge in [-0.2, -0.15) is 10.1 Å². The SMILES string of the molecule is N#Cc1ccc(NC(=O)NC(Cc2ccc3c(c2)CCO3)c2nnn(CCO)n2)cc1. The van der Waals surface area contributed by atoms with E-state index in [-0.39, 0.29) is 13.2 Å². The third-order valence-corrected chi connectivity index (χ3v) is 4.85. The van der Waals surface area contributed by atoms with Crippen molar-refractivity contribution in [3.05, 3.63) is 65.0 Å². The molecule has 3 aromatic rings. The average Bonchev–Trinajstić information content (AvgIpc) is 3.43. The van der Waals surface area contributed by atoms with Crippen molar-refractivity contribution in [1.29, 1.82) is 5.26 Å². The van der Waals surface area contributed by atoms with Crippen LogP contribution in [0.15, 0.2) is 42.5 Å². The number of ether oxygens (including phenoxy) is 1. The van der Waals surface area contributed by atoms with E-state index in [1.165, 1.54) is 4.80 Å². The topological polar surface area (TPSA) is 138 Å². The first-order chi connectivity index (χ1) is 15.1. The van der Waals surface area contributed by atoms with Gasteiger partial charge in [-0.3, -0.25) is 0 Å². The summed E-state index contributed by atoms with van der Waals surface area (Å²) in [4.78, 5) is 13.9. The number of carbonyl (C=O) groups is 1. The van der Waals surface area contributed by atoms with Crippen LogP contribution in [0.3, 0.4) is 0 Å². The van der Waals surface area contributed by atoms with Crippen LogP contribution < -0.4 is 15.4 Å². The van der Waals surface area contributed by atoms with Crippen molar-refractivity contribution in [1.82, 2.24) is 25.5 Å². The fourth-order valence-corrected chi connectivity index (χ4v) is 3.34. The van der Waals surface area contributed by atoms with Gasteiger partial charge in [-0.05, 0) is 46.7 Å². The summed E-state index contributed by atoms with van der Waals surface area (Å²) in [5, 5.41) is 35.9. The zero-order valence-electron chi connectivity index (χ0n) is 16.7. The number of tetrazole rings is 1. The van der Waals surface area contributed by atoms with Gasteiger partial charge < -0.3 is 20.5 Å². The first-order valence-corrected chi connectivity index (χ1v) is 9.85. The molecule has 0 radical (unpaired) electrons. The Hall–Kier alpha value is -3.97. The van der Waals surface area contributed by atoms with Gasteiger partial charge in [0.05, 0.1) is 37.4 Å². The minimum atomic E-state index is -0.536. The Bertz CT molecular complexity index is 1100. The molecule has 0 saturated heterocycles. The summed E-state index contributed by atoms with van der Waals surface area (Å²) in [6, 6.07) is 13.6. The molecular formula is C21H21N7O3. The molecule has 10 heteroatoms. The molecule has 2 amide bonds. The predicted molar refractivity (Wildman–Crippen MR) is 110 cm³/mol. The molecule has 3 N–H and O–H groups in total. The highest BCUT2D eigenvalue weighted by Gasteiger charge is 2.22. The normalized spacial score (nSPS) is 13.0. The Morgan fingerprint density at radius 1 is 1.29 bits per heavy atom. The molecule has 0 saturated carbocycles. The van der Waals surface area contributed by atoms with Crippen LogP contribution >= 0.6 is 0 Å². The molecule has 1 atom stereocenters. The molecule has 0 spiro atoms. The van der Waals surface area contributed by atoms with Crippen LogP contribution in [-0.4, -0.2) is 44.6 Å². The van der Waals surface area contributed by atoms with Crippen molar-refractivity contribution in [2.24, 2.45) is 0 Å². The lowest BCUT2D eigenvalue weighted by molar-refractivity contribution is 0.247. The number of benzene rings is 2. The molecule has 2 aromatic carbocycles. The summed E-state index contributed by atoms with van der Waals surface area (Å²) in [6.07, 6.45) is 1.31. The van der Waals surface area contributed by atoms with E-state index in [0.29, 0.717) is 30.1 Å². The molecule has 1 aromatic heterocycles. The minimum Gasteiger partial charge on any atom is -0.493 e. The average molecular weight is 419 g/mol. The standard InChI is InChI=1S/C21H21N7O3/c22-13-14-1-4-17(5-2-14)23-21(30)24-18(20-25-27-28(26-20)8-9-29)12-15-3-6-19-16(11-15)7-10-31-19/h1-6,11,18,29H,7-10,12H2,(H2,23,24,30). The first kappa shape index (κ1) is 20.3. The number of fused-ring (bicyclic) bond motifs is 1. The number of nitrogens with one attached hydrogen (secondary N) is 2. The Morgan fingerprint density at radius 3 is 2.90 bits per heavy atom. The molecule has 1 aliphatic rings. The molecule has 0 aliphatic carbocycles. The maximum Gasteiger partial charge on any atom is 0.319 e. The van der Waals surface area contributed by atoms with E-state index < -0.39 is 12.1 Å². The Kier molecular flexibility index (Phi) is 6.05. The van der Waals surface area contributed by atoms with Gasteiger partial charge in [0.2, 0.25) is 0 Å². The molecular weight excluding hydrogens is 398 g/mol. The van der Waals surface area contributed by atoms with E-state index >= 15 is 0 Å². The quantitative estimate of drug-likeness (QED) is 0.528. The number of hydrogen-bond acceptors (Lipinski definition) is 7. The molecule has 1 aliphatic heterocycles. The number of hydrogen-bond donors (Lipinski definition) is 3. The smallest absolute Gasteiger partial charge is 0.319 e. The first-order valence-electron chi connectivity index (χ1n) is 9.85. The molecule has 31 heavy (non-hydrogen) atoms. The van der Waals surface area contributed by atoms with E-state index in [1.54, 1.807) is 24.3 Å². The number of anilines is 1. The number of aliphatic hydroxyl groups excluding tert-OH is 1. The van der Waals surface area contributed by atoms with Crippen LogP contribution in [0.4, 0.5) is 10.5 Å². The van der Waals surface area contributed by atoms with Crippen molar-refractivity contribution in [3.63, 3.8) is 0 Å². The lowest BCUT2D eigenvalue weighted by Crippen LogP contribution is -2.34. The summed E-state index contributed by atoms with van der Waals surface area (Å²) in [5.74, 6) is 1.24. The fourth-order valence-electron chi connectivity index (χ4n) is 3.34. The maximum absolute atomic E-state index is 12.6. The van der Waals surface area contributed by atoms with Crippen molar-refractivity contribution in [2.75, 3.05) is 18.5 Å². The number of amides is 2. The monoisotopic (exact) mass is 419 g/mol. The number of urea groups is 1. The Labute approximate surface area is 178 Å². The second-order valence-corrected chi connectivity index (χ2v) is 7.05. The van der Waals surface area contributed by atoms with Crippen LogP contribution in [0.5, 0.6) is 5.75 Å². The molecule has 0 fully saturated rings. The van der Waals surface area contributed by atoms with Gasteiger partial charge in [0, 0.05) is 18.5 Å². The van der Waals surface area contributed by atoms with Crippen LogP contribution in [0.2, 0.25) is 0 Å². The molecule has 0 bridgehead atoms. The Balaban J connectivity index is 1.51. The third kappa shape index (κ3) is 4.96. The van der Waals surface area contributed by atoms with Gasteiger partial charge in [-0.25, -0.2) is 4.79 Å². The van der Waals surface area contributed by atoms with Crippen LogP contribution in [0, 0.1) is 11.3 Å². The van der Waals surface area contributed by atoms with E-state index in [9.17, 15) is 4.79 Å². The minimum absolute atomic E-state index is 0.113. The van der Waals surface area contributed by atoms with E-state index in [2.05, 4.69) is 32.1 Å². The van der Waals surface area contributed by atoms with Gasteiger partial charge in [-0.15, -0.1) is 10.2 Å². The molecule has 158 valence electrons. The highest BCUT2D eigenvalue weighted by Crippen LogP contribution is 2.27. The maximum atomic E-state index is 12.6. The molecule has 10 nitrogen and oxygen atoms in total. The predicted octanol–water partition coefficient (Wildman–Crippen LogP) is 1.58. The van der Waals surface area contributed by atoms with E-state index in [0.717, 1.165) is 23.3 Å². The van der Waals surface area contributed by atoms with Crippen molar-refractivity contribution < 1.29 is 14.6 Å². The van der Waals surface area contributed by atoms with E-state index in [1.807, 2.05) is 18.2 Å². The summed E-state index contributed by atoms with van der Waals surface area (Å²) >= 11 is 0. The lowest BCUT2D eigenvalue weighted by atomic mass is 10.0. The van der Waals surface area contributed by atoms with Gasteiger partial charge in [0.1, 0.15) is 5.75 Å². The summed E-state index contributed by atoms with van der Waals surface area (Å²) in [5.41, 5.74) is 3.21. The van der Waals surface area contributed by atoms with Crippen molar-refractivity contribution in [3.8, 4) is 11.8 Å². The highest BCUT2D eigenvalue weighted by atomic mass is 16.5. The van der Waals surface area contributed by atoms with Crippen molar-refractivity contribution >= 4 is 11.7 Å². The van der Waals surface area contributed by atoms with Gasteiger partial charge in [0.15, 0.2) is 5.82 Å². The summed E-state index contributed by atoms with van der Waals surface area (Å²) in [6.45, 7) is 0.774. The Morgan fingerprint density at radius 2 is 2.13 bits per heavy atom. The number of nitrogens with zero attached hydrogens (tertiary/aromatic N) is 5. The van der Waals surface area contributed by atoms with Crippen molar-refractivity contribution in [2.45, 2.75) is 25.4 Å². The van der Waals surface area contributed by atoms with Crippen LogP contribution in [0.25, 0.3) is 0 Å².